The largest absolute Gasteiger partial charge is 0.375 e. The fourth-order valence-corrected chi connectivity index (χ4v) is 4.09. The highest BCUT2D eigenvalue weighted by atomic mass is 16.5. The second-order valence-electron chi connectivity index (χ2n) is 7.87. The van der Waals surface area contributed by atoms with Crippen LogP contribution in [0.15, 0.2) is 18.3 Å². The van der Waals surface area contributed by atoms with Gasteiger partial charge in [-0.3, -0.25) is 4.79 Å². The van der Waals surface area contributed by atoms with Crippen molar-refractivity contribution in [2.45, 2.75) is 58.1 Å². The topological polar surface area (TPSA) is 80.5 Å². The van der Waals surface area contributed by atoms with E-state index >= 15 is 0 Å². The van der Waals surface area contributed by atoms with E-state index in [2.05, 4.69) is 22.1 Å². The molecule has 0 bridgehead atoms. The first-order valence-electron chi connectivity index (χ1n) is 9.88. The first-order chi connectivity index (χ1) is 12.6. The van der Waals surface area contributed by atoms with Crippen LogP contribution in [0.25, 0.3) is 0 Å². The van der Waals surface area contributed by atoms with Gasteiger partial charge in [0.1, 0.15) is 5.82 Å². The summed E-state index contributed by atoms with van der Waals surface area (Å²) in [6.45, 7) is 5.68. The summed E-state index contributed by atoms with van der Waals surface area (Å²) in [4.78, 5) is 19.2. The summed E-state index contributed by atoms with van der Waals surface area (Å²) in [7, 11) is 0. The Bertz CT molecular complexity index is 584. The lowest BCUT2D eigenvalue weighted by molar-refractivity contribution is -0.124. The smallest absolute Gasteiger partial charge is 0.220 e. The number of nitrogens with one attached hydrogen (secondary N) is 1. The molecule has 1 atom stereocenters. The van der Waals surface area contributed by atoms with Gasteiger partial charge in [-0.05, 0) is 43.4 Å². The highest BCUT2D eigenvalue weighted by molar-refractivity contribution is 5.76. The number of carbonyl (C=O) groups excluding carboxylic acids is 1. The predicted octanol–water partition coefficient (Wildman–Crippen LogP) is 2.22. The third kappa shape index (κ3) is 4.95. The highest BCUT2D eigenvalue weighted by Gasteiger charge is 2.32. The fourth-order valence-electron chi connectivity index (χ4n) is 4.09. The number of hydrogen-bond acceptors (Lipinski definition) is 5. The monoisotopic (exact) mass is 360 g/mol. The fraction of sp³-hybridized carbons (Fsp3) is 0.700. The SMILES string of the molecule is CC1CN(c2ccc(CNC(=O)CC3(CN)CCCCC3)cn2)CCO1. The number of hydrogen-bond donors (Lipinski definition) is 2. The Balaban J connectivity index is 1.49. The normalized spacial score (nSPS) is 22.8. The molecule has 1 saturated heterocycles. The number of nitrogens with two attached hydrogens (primary N) is 1. The minimum Gasteiger partial charge on any atom is -0.375 e. The van der Waals surface area contributed by atoms with Crippen LogP contribution < -0.4 is 16.0 Å². The number of rotatable bonds is 6. The molecule has 6 heteroatoms. The summed E-state index contributed by atoms with van der Waals surface area (Å²) >= 11 is 0. The van der Waals surface area contributed by atoms with E-state index in [1.807, 2.05) is 18.3 Å². The van der Waals surface area contributed by atoms with E-state index in [0.717, 1.165) is 43.9 Å². The van der Waals surface area contributed by atoms with Gasteiger partial charge in [0.15, 0.2) is 0 Å². The van der Waals surface area contributed by atoms with E-state index in [0.29, 0.717) is 19.5 Å². The van der Waals surface area contributed by atoms with Crippen LogP contribution >= 0.6 is 0 Å². The third-order valence-electron chi connectivity index (χ3n) is 5.75. The summed E-state index contributed by atoms with van der Waals surface area (Å²) in [6, 6.07) is 4.07. The second-order valence-corrected chi connectivity index (χ2v) is 7.87. The molecule has 0 aromatic carbocycles. The first kappa shape index (κ1) is 19.1. The van der Waals surface area contributed by atoms with Gasteiger partial charge < -0.3 is 20.7 Å². The summed E-state index contributed by atoms with van der Waals surface area (Å²) in [5.74, 6) is 1.07. The Morgan fingerprint density at radius 1 is 1.38 bits per heavy atom. The number of morpholine rings is 1. The molecule has 1 aromatic heterocycles. The van der Waals surface area contributed by atoms with E-state index in [9.17, 15) is 4.79 Å². The molecule has 2 aliphatic rings. The Morgan fingerprint density at radius 2 is 2.19 bits per heavy atom. The van der Waals surface area contributed by atoms with Gasteiger partial charge in [0.05, 0.1) is 12.7 Å². The number of ether oxygens (including phenoxy) is 1. The molecule has 1 unspecified atom stereocenters. The van der Waals surface area contributed by atoms with E-state index in [1.54, 1.807) is 0 Å². The van der Waals surface area contributed by atoms with Gasteiger partial charge in [0.2, 0.25) is 5.91 Å². The lowest BCUT2D eigenvalue weighted by atomic mass is 9.71. The summed E-state index contributed by atoms with van der Waals surface area (Å²) in [5.41, 5.74) is 7.02. The van der Waals surface area contributed by atoms with Gasteiger partial charge in [-0.25, -0.2) is 4.98 Å². The number of pyridine rings is 1. The molecule has 1 aromatic rings. The van der Waals surface area contributed by atoms with E-state index in [1.165, 1.54) is 19.3 Å². The zero-order chi connectivity index (χ0) is 18.4. The number of anilines is 1. The summed E-state index contributed by atoms with van der Waals surface area (Å²) < 4.78 is 5.57. The van der Waals surface area contributed by atoms with Gasteiger partial charge in [-0.2, -0.15) is 0 Å². The molecule has 0 spiro atoms. The van der Waals surface area contributed by atoms with Crippen LogP contribution in [0, 0.1) is 5.41 Å². The molecular weight excluding hydrogens is 328 g/mol. The van der Waals surface area contributed by atoms with Crippen molar-refractivity contribution in [3.8, 4) is 0 Å². The minimum atomic E-state index is 0.0114. The van der Waals surface area contributed by atoms with Crippen LogP contribution in [0.5, 0.6) is 0 Å². The maximum absolute atomic E-state index is 12.4. The predicted molar refractivity (Wildman–Crippen MR) is 103 cm³/mol. The van der Waals surface area contributed by atoms with Crippen molar-refractivity contribution in [2.75, 3.05) is 31.1 Å². The van der Waals surface area contributed by atoms with Crippen molar-refractivity contribution in [3.63, 3.8) is 0 Å². The van der Waals surface area contributed by atoms with E-state index in [-0.39, 0.29) is 17.4 Å². The van der Waals surface area contributed by atoms with Crippen LogP contribution in [0.4, 0.5) is 5.82 Å². The van der Waals surface area contributed by atoms with E-state index in [4.69, 9.17) is 10.5 Å². The standard InChI is InChI=1S/C20H32N4O2/c1-16-14-24(9-10-26-16)18-6-5-17(12-22-18)13-23-19(25)11-20(15-21)7-3-2-4-8-20/h5-6,12,16H,2-4,7-11,13-15,21H2,1H3,(H,23,25). The molecule has 1 amide bonds. The van der Waals surface area contributed by atoms with Crippen molar-refractivity contribution in [2.24, 2.45) is 11.1 Å². The molecule has 144 valence electrons. The summed E-state index contributed by atoms with van der Waals surface area (Å²) in [5, 5.41) is 3.04. The second kappa shape index (κ2) is 8.82. The quantitative estimate of drug-likeness (QED) is 0.813. The van der Waals surface area contributed by atoms with Gasteiger partial charge in [-0.15, -0.1) is 0 Å². The average Bonchev–Trinajstić information content (AvgIpc) is 2.67. The maximum atomic E-state index is 12.4. The van der Waals surface area contributed by atoms with Crippen molar-refractivity contribution in [1.29, 1.82) is 0 Å². The van der Waals surface area contributed by atoms with Crippen molar-refractivity contribution in [1.82, 2.24) is 10.3 Å². The average molecular weight is 361 g/mol. The molecule has 1 aliphatic carbocycles. The molecule has 2 heterocycles. The molecule has 6 nitrogen and oxygen atoms in total. The minimum absolute atomic E-state index is 0.0114. The third-order valence-corrected chi connectivity index (χ3v) is 5.75. The zero-order valence-corrected chi connectivity index (χ0v) is 15.9. The van der Waals surface area contributed by atoms with Crippen LogP contribution in [-0.4, -0.2) is 43.2 Å². The van der Waals surface area contributed by atoms with Crippen molar-refractivity contribution in [3.05, 3.63) is 23.9 Å². The molecule has 0 radical (unpaired) electrons. The van der Waals surface area contributed by atoms with Crippen LogP contribution in [0.2, 0.25) is 0 Å². The number of carbonyl (C=O) groups is 1. The van der Waals surface area contributed by atoms with Gasteiger partial charge in [-0.1, -0.05) is 25.3 Å². The van der Waals surface area contributed by atoms with Crippen LogP contribution in [-0.2, 0) is 16.1 Å². The van der Waals surface area contributed by atoms with E-state index < -0.39 is 0 Å². The van der Waals surface area contributed by atoms with Gasteiger partial charge in [0.25, 0.3) is 0 Å². The molecule has 26 heavy (non-hydrogen) atoms. The number of amides is 1. The molecular formula is C20H32N4O2. The summed E-state index contributed by atoms with van der Waals surface area (Å²) in [6.07, 6.45) is 8.43. The molecule has 2 fully saturated rings. The lowest BCUT2D eigenvalue weighted by Crippen LogP contribution is -2.41. The van der Waals surface area contributed by atoms with Crippen molar-refractivity contribution >= 4 is 11.7 Å². The molecule has 1 aliphatic heterocycles. The van der Waals surface area contributed by atoms with Crippen molar-refractivity contribution < 1.29 is 9.53 Å². The Morgan fingerprint density at radius 3 is 2.85 bits per heavy atom. The Hall–Kier alpha value is -1.66. The maximum Gasteiger partial charge on any atom is 0.220 e. The lowest BCUT2D eigenvalue weighted by Gasteiger charge is -2.35. The zero-order valence-electron chi connectivity index (χ0n) is 15.9. The number of nitrogens with zero attached hydrogens (tertiary/aromatic N) is 2. The first-order valence-corrected chi connectivity index (χ1v) is 9.88. The molecule has 3 rings (SSSR count). The van der Waals surface area contributed by atoms with Gasteiger partial charge >= 0.3 is 0 Å². The Labute approximate surface area is 156 Å². The Kier molecular flexibility index (Phi) is 6.48. The van der Waals surface area contributed by atoms with Gasteiger partial charge in [0, 0.05) is 32.3 Å². The number of aromatic nitrogens is 1. The van der Waals surface area contributed by atoms with Crippen LogP contribution in [0.3, 0.4) is 0 Å². The highest BCUT2D eigenvalue weighted by Crippen LogP contribution is 2.38. The van der Waals surface area contributed by atoms with Crippen LogP contribution in [0.1, 0.15) is 51.0 Å². The molecule has 3 N–H and O–H groups in total. The molecule has 1 saturated carbocycles.